The Labute approximate surface area is 124 Å². The maximum absolute atomic E-state index is 11.6. The van der Waals surface area contributed by atoms with Gasteiger partial charge in [-0.1, -0.05) is 29.8 Å². The predicted molar refractivity (Wildman–Crippen MR) is 80.4 cm³/mol. The summed E-state index contributed by atoms with van der Waals surface area (Å²) in [6.07, 6.45) is 1.90. The van der Waals surface area contributed by atoms with Crippen molar-refractivity contribution in [1.29, 1.82) is 0 Å². The highest BCUT2D eigenvalue weighted by Gasteiger charge is 2.11. The van der Waals surface area contributed by atoms with Gasteiger partial charge in [0.1, 0.15) is 0 Å². The van der Waals surface area contributed by atoms with Crippen LogP contribution in [0.4, 0.5) is 0 Å². The molecule has 0 aliphatic rings. The first-order valence-electron chi connectivity index (χ1n) is 6.40. The van der Waals surface area contributed by atoms with Crippen molar-refractivity contribution in [3.63, 3.8) is 0 Å². The topological polar surface area (TPSA) is 49.4 Å². The molecule has 108 valence electrons. The lowest BCUT2D eigenvalue weighted by atomic mass is 10.2. The van der Waals surface area contributed by atoms with Gasteiger partial charge in [0.2, 0.25) is 11.8 Å². The summed E-state index contributed by atoms with van der Waals surface area (Å²) in [4.78, 5) is 24.7. The molecule has 0 bridgehead atoms. The molecule has 0 unspecified atom stereocenters. The molecule has 0 spiro atoms. The third kappa shape index (κ3) is 5.89. The molecule has 0 radical (unpaired) electrons. The molecular formula is C15H19ClN2O2. The molecular weight excluding hydrogens is 276 g/mol. The van der Waals surface area contributed by atoms with Crippen LogP contribution in [0.1, 0.15) is 18.9 Å². The first-order valence-corrected chi connectivity index (χ1v) is 6.78. The summed E-state index contributed by atoms with van der Waals surface area (Å²) in [5.41, 5.74) is 0.982. The van der Waals surface area contributed by atoms with Gasteiger partial charge in [-0.3, -0.25) is 9.59 Å². The second-order valence-corrected chi connectivity index (χ2v) is 4.85. The lowest BCUT2D eigenvalue weighted by Gasteiger charge is -2.21. The van der Waals surface area contributed by atoms with Crippen molar-refractivity contribution in [2.75, 3.05) is 13.1 Å². The van der Waals surface area contributed by atoms with Crippen LogP contribution < -0.4 is 5.32 Å². The van der Waals surface area contributed by atoms with E-state index in [1.165, 1.54) is 6.92 Å². The van der Waals surface area contributed by atoms with Crippen LogP contribution in [0.25, 0.3) is 0 Å². The highest BCUT2D eigenvalue weighted by atomic mass is 35.5. The monoisotopic (exact) mass is 294 g/mol. The van der Waals surface area contributed by atoms with Crippen molar-refractivity contribution in [3.05, 3.63) is 47.5 Å². The smallest absolute Gasteiger partial charge is 0.222 e. The first kappa shape index (κ1) is 16.2. The quantitative estimate of drug-likeness (QED) is 0.785. The number of hydrogen-bond donors (Lipinski definition) is 1. The fourth-order valence-corrected chi connectivity index (χ4v) is 1.79. The van der Waals surface area contributed by atoms with E-state index < -0.39 is 0 Å². The summed E-state index contributed by atoms with van der Waals surface area (Å²) in [6.45, 7) is 6.33. The van der Waals surface area contributed by atoms with Crippen molar-refractivity contribution >= 4 is 23.4 Å². The number of nitrogens with one attached hydrogen (secondary N) is 1. The van der Waals surface area contributed by atoms with Crippen molar-refractivity contribution in [3.8, 4) is 0 Å². The molecule has 1 rings (SSSR count). The number of carbonyl (C=O) groups excluding carboxylic acids is 2. The van der Waals surface area contributed by atoms with Gasteiger partial charge in [0, 0.05) is 38.0 Å². The van der Waals surface area contributed by atoms with Crippen LogP contribution >= 0.6 is 11.6 Å². The highest BCUT2D eigenvalue weighted by molar-refractivity contribution is 6.30. The lowest BCUT2D eigenvalue weighted by molar-refractivity contribution is -0.130. The number of hydrogen-bond acceptors (Lipinski definition) is 2. The van der Waals surface area contributed by atoms with Crippen LogP contribution in [0.2, 0.25) is 5.02 Å². The van der Waals surface area contributed by atoms with E-state index in [0.29, 0.717) is 24.7 Å². The normalized spacial score (nSPS) is 9.90. The van der Waals surface area contributed by atoms with E-state index in [1.807, 2.05) is 12.1 Å². The van der Waals surface area contributed by atoms with E-state index in [4.69, 9.17) is 11.6 Å². The Morgan fingerprint density at radius 1 is 1.35 bits per heavy atom. The van der Waals surface area contributed by atoms with Crippen LogP contribution in [-0.2, 0) is 16.1 Å². The molecule has 0 atom stereocenters. The van der Waals surface area contributed by atoms with Gasteiger partial charge in [-0.15, -0.1) is 6.58 Å². The Balaban J connectivity index is 2.52. The van der Waals surface area contributed by atoms with Crippen molar-refractivity contribution in [2.24, 2.45) is 0 Å². The van der Waals surface area contributed by atoms with Gasteiger partial charge in [-0.05, 0) is 17.7 Å². The van der Waals surface area contributed by atoms with Crippen molar-refractivity contribution < 1.29 is 9.59 Å². The van der Waals surface area contributed by atoms with Crippen molar-refractivity contribution in [1.82, 2.24) is 10.2 Å². The maximum Gasteiger partial charge on any atom is 0.222 e. The minimum Gasteiger partial charge on any atom is -0.353 e. The van der Waals surface area contributed by atoms with E-state index in [9.17, 15) is 9.59 Å². The van der Waals surface area contributed by atoms with Crippen LogP contribution in [-0.4, -0.2) is 29.8 Å². The zero-order chi connectivity index (χ0) is 15.0. The summed E-state index contributed by atoms with van der Waals surface area (Å²) in [5, 5.41) is 3.34. The molecule has 4 nitrogen and oxygen atoms in total. The summed E-state index contributed by atoms with van der Waals surface area (Å²) < 4.78 is 0. The molecule has 0 saturated carbocycles. The average molecular weight is 295 g/mol. The molecule has 2 amide bonds. The number of amides is 2. The zero-order valence-corrected chi connectivity index (χ0v) is 12.3. The standard InChI is InChI=1S/C15H19ClN2O2/c1-3-9-17-15(20)8-10-18(12(2)19)11-13-4-6-14(16)7-5-13/h3-7H,1,8-11H2,2H3,(H,17,20). The van der Waals surface area contributed by atoms with E-state index in [0.717, 1.165) is 5.56 Å². The van der Waals surface area contributed by atoms with Crippen LogP contribution in [0.3, 0.4) is 0 Å². The summed E-state index contributed by atoms with van der Waals surface area (Å²) in [5.74, 6) is -0.149. The van der Waals surface area contributed by atoms with Gasteiger partial charge < -0.3 is 10.2 Å². The molecule has 1 N–H and O–H groups in total. The van der Waals surface area contributed by atoms with Gasteiger partial charge in [0.25, 0.3) is 0 Å². The van der Waals surface area contributed by atoms with Gasteiger partial charge >= 0.3 is 0 Å². The molecule has 1 aromatic rings. The molecule has 0 aliphatic heterocycles. The second-order valence-electron chi connectivity index (χ2n) is 4.41. The van der Waals surface area contributed by atoms with E-state index in [2.05, 4.69) is 11.9 Å². The molecule has 0 saturated heterocycles. The SMILES string of the molecule is C=CCNC(=O)CCN(Cc1ccc(Cl)cc1)C(C)=O. The van der Waals surface area contributed by atoms with Crippen LogP contribution in [0, 0.1) is 0 Å². The first-order chi connectivity index (χ1) is 9.52. The maximum atomic E-state index is 11.6. The number of halogens is 1. The Morgan fingerprint density at radius 2 is 2.00 bits per heavy atom. The number of benzene rings is 1. The number of rotatable bonds is 7. The minimum atomic E-state index is -0.0905. The number of carbonyl (C=O) groups is 2. The minimum absolute atomic E-state index is 0.0588. The van der Waals surface area contributed by atoms with Crippen LogP contribution in [0.5, 0.6) is 0 Å². The number of nitrogens with zero attached hydrogens (tertiary/aromatic N) is 1. The van der Waals surface area contributed by atoms with Crippen LogP contribution in [0.15, 0.2) is 36.9 Å². The third-order valence-electron chi connectivity index (χ3n) is 2.78. The Kier molecular flexibility index (Phi) is 6.81. The predicted octanol–water partition coefficient (Wildman–Crippen LogP) is 2.38. The summed E-state index contributed by atoms with van der Waals surface area (Å²) in [7, 11) is 0. The Hall–Kier alpha value is -1.81. The lowest BCUT2D eigenvalue weighted by Crippen LogP contribution is -2.33. The summed E-state index contributed by atoms with van der Waals surface area (Å²) in [6, 6.07) is 7.31. The van der Waals surface area contributed by atoms with E-state index >= 15 is 0 Å². The highest BCUT2D eigenvalue weighted by Crippen LogP contribution is 2.11. The van der Waals surface area contributed by atoms with Gasteiger partial charge in [-0.25, -0.2) is 0 Å². The van der Waals surface area contributed by atoms with Crippen molar-refractivity contribution in [2.45, 2.75) is 19.9 Å². The largest absolute Gasteiger partial charge is 0.353 e. The van der Waals surface area contributed by atoms with Gasteiger partial charge in [0.05, 0.1) is 0 Å². The summed E-state index contributed by atoms with van der Waals surface area (Å²) >= 11 is 5.82. The Morgan fingerprint density at radius 3 is 2.55 bits per heavy atom. The fraction of sp³-hybridized carbons (Fsp3) is 0.333. The Bertz CT molecular complexity index is 471. The molecule has 0 fully saturated rings. The molecule has 0 heterocycles. The second kappa shape index (κ2) is 8.38. The van der Waals surface area contributed by atoms with Gasteiger partial charge in [-0.2, -0.15) is 0 Å². The molecule has 0 aliphatic carbocycles. The fourth-order valence-electron chi connectivity index (χ4n) is 1.67. The molecule has 0 aromatic heterocycles. The molecule has 20 heavy (non-hydrogen) atoms. The average Bonchev–Trinajstić information content (AvgIpc) is 2.42. The molecule has 1 aromatic carbocycles. The van der Waals surface area contributed by atoms with Gasteiger partial charge in [0.15, 0.2) is 0 Å². The zero-order valence-electron chi connectivity index (χ0n) is 11.6. The van der Waals surface area contributed by atoms with E-state index in [-0.39, 0.29) is 18.2 Å². The molecule has 5 heteroatoms. The third-order valence-corrected chi connectivity index (χ3v) is 3.04. The van der Waals surface area contributed by atoms with E-state index in [1.54, 1.807) is 23.1 Å².